The molecule has 3 N–H and O–H groups in total. The second-order valence-corrected chi connectivity index (χ2v) is 14.1. The summed E-state index contributed by atoms with van der Waals surface area (Å²) in [5, 5.41) is 12.1. The van der Waals surface area contributed by atoms with Crippen molar-refractivity contribution in [2.45, 2.75) is 56.6 Å². The molecular formula is C30H36F2N4O5S. The average Bonchev–Trinajstić information content (AvgIpc) is 3.53. The monoisotopic (exact) mass is 602 g/mol. The molecule has 42 heavy (non-hydrogen) atoms. The minimum atomic E-state index is -3.82. The van der Waals surface area contributed by atoms with Crippen molar-refractivity contribution in [2.75, 3.05) is 52.6 Å². The van der Waals surface area contributed by atoms with Crippen LogP contribution < -0.4 is 19.8 Å². The number of hydrogen-bond donors (Lipinski definition) is 3. The fraction of sp³-hybridized carbons (Fsp3) is 0.500. The van der Waals surface area contributed by atoms with Crippen LogP contribution in [0, 0.1) is 5.41 Å². The first kappa shape index (κ1) is 28.7. The van der Waals surface area contributed by atoms with E-state index in [0.29, 0.717) is 39.3 Å². The molecule has 1 aromatic heterocycles. The summed E-state index contributed by atoms with van der Waals surface area (Å²) >= 11 is 0. The highest BCUT2D eigenvalue weighted by Gasteiger charge is 2.44. The maximum absolute atomic E-state index is 13.8. The van der Waals surface area contributed by atoms with Crippen molar-refractivity contribution in [1.82, 2.24) is 0 Å². The Morgan fingerprint density at radius 2 is 1.60 bits per heavy atom. The maximum Gasteiger partial charge on any atom is 0.257 e. The third-order valence-corrected chi connectivity index (χ3v) is 10.8. The average molecular weight is 603 g/mol. The van der Waals surface area contributed by atoms with E-state index in [9.17, 15) is 27.1 Å². The Balaban J connectivity index is 1.29. The molecule has 1 aliphatic carbocycles. The van der Waals surface area contributed by atoms with E-state index >= 15 is 0 Å². The summed E-state index contributed by atoms with van der Waals surface area (Å²) in [7, 11) is -3.82. The normalized spacial score (nSPS) is 20.5. The van der Waals surface area contributed by atoms with E-state index in [1.165, 1.54) is 26.0 Å². The lowest BCUT2D eigenvalue weighted by Gasteiger charge is -2.35. The lowest BCUT2D eigenvalue weighted by atomic mass is 9.93. The zero-order chi connectivity index (χ0) is 29.7. The molecule has 2 aliphatic heterocycles. The Bertz CT molecular complexity index is 1580. The molecule has 0 bridgehead atoms. The number of alkyl halides is 2. The summed E-state index contributed by atoms with van der Waals surface area (Å²) in [6, 6.07) is 10.1. The summed E-state index contributed by atoms with van der Waals surface area (Å²) in [5.74, 6) is -3.06. The van der Waals surface area contributed by atoms with E-state index in [1.54, 1.807) is 36.4 Å². The van der Waals surface area contributed by atoms with E-state index in [2.05, 4.69) is 14.9 Å². The van der Waals surface area contributed by atoms with Gasteiger partial charge in [-0.3, -0.25) is 9.52 Å². The second kappa shape index (κ2) is 10.7. The van der Waals surface area contributed by atoms with E-state index in [0.717, 1.165) is 31.3 Å². The van der Waals surface area contributed by atoms with Crippen LogP contribution in [0.15, 0.2) is 47.1 Å². The predicted molar refractivity (Wildman–Crippen MR) is 159 cm³/mol. The smallest absolute Gasteiger partial charge is 0.257 e. The van der Waals surface area contributed by atoms with Gasteiger partial charge in [0.2, 0.25) is 10.0 Å². The standard InChI is InChI=1S/C30H36F2N4O5S/c1-20(19-37)42(39,40)34-22-2-3-24(25(17-22)35-11-7-29(5-6-29)8-12-35)28(38)33-23-16-21-4-15-41-27(21)26(18-23)36-13-9-30(31,32)10-14-36/h2-4,15-18,20,34,37H,5-14,19H2,1H3,(H,33,38)/t20-/m1/s1. The van der Waals surface area contributed by atoms with Crippen molar-refractivity contribution in [3.63, 3.8) is 0 Å². The van der Waals surface area contributed by atoms with Gasteiger partial charge in [0.1, 0.15) is 5.25 Å². The van der Waals surface area contributed by atoms with Crippen molar-refractivity contribution >= 4 is 49.6 Å². The lowest BCUT2D eigenvalue weighted by molar-refractivity contribution is -0.0220. The first-order valence-corrected chi connectivity index (χ1v) is 16.0. The number of sulfonamides is 1. The van der Waals surface area contributed by atoms with Gasteiger partial charge in [0, 0.05) is 50.1 Å². The molecule has 12 heteroatoms. The fourth-order valence-corrected chi connectivity index (χ4v) is 6.81. The Hall–Kier alpha value is -3.38. The number of rotatable bonds is 8. The van der Waals surface area contributed by atoms with Crippen LogP contribution in [0.4, 0.5) is 31.5 Å². The highest BCUT2D eigenvalue weighted by molar-refractivity contribution is 7.93. The van der Waals surface area contributed by atoms with Gasteiger partial charge < -0.3 is 24.6 Å². The lowest BCUT2D eigenvalue weighted by Crippen LogP contribution is -2.39. The molecule has 1 saturated carbocycles. The molecule has 0 radical (unpaired) electrons. The van der Waals surface area contributed by atoms with Gasteiger partial charge in [0.25, 0.3) is 11.8 Å². The molecule has 3 fully saturated rings. The number of carbonyl (C=O) groups is 1. The third-order valence-electron chi connectivity index (χ3n) is 9.04. The number of anilines is 4. The first-order chi connectivity index (χ1) is 20.0. The number of amides is 1. The minimum absolute atomic E-state index is 0.174. The van der Waals surface area contributed by atoms with Crippen molar-refractivity contribution in [2.24, 2.45) is 5.41 Å². The first-order valence-electron chi connectivity index (χ1n) is 14.4. The highest BCUT2D eigenvalue weighted by Crippen LogP contribution is 2.54. The van der Waals surface area contributed by atoms with E-state index in [1.807, 2.05) is 4.90 Å². The summed E-state index contributed by atoms with van der Waals surface area (Å²) < 4.78 is 61.2. The molecule has 3 aliphatic rings. The van der Waals surface area contributed by atoms with Gasteiger partial charge in [-0.15, -0.1) is 0 Å². The van der Waals surface area contributed by atoms with E-state index in [4.69, 9.17) is 4.42 Å². The third kappa shape index (κ3) is 5.78. The van der Waals surface area contributed by atoms with Crippen LogP contribution in [0.3, 0.4) is 0 Å². The molecular weight excluding hydrogens is 566 g/mol. The van der Waals surface area contributed by atoms with Crippen LogP contribution in [-0.2, 0) is 10.0 Å². The zero-order valence-electron chi connectivity index (χ0n) is 23.5. The number of nitrogens with zero attached hydrogens (tertiary/aromatic N) is 2. The van der Waals surface area contributed by atoms with Crippen molar-refractivity contribution in [3.8, 4) is 0 Å². The molecule has 1 spiro atoms. The van der Waals surface area contributed by atoms with Crippen LogP contribution in [0.1, 0.15) is 55.8 Å². The summed E-state index contributed by atoms with van der Waals surface area (Å²) in [6.45, 7) is 2.77. The van der Waals surface area contributed by atoms with Crippen LogP contribution in [0.25, 0.3) is 11.0 Å². The van der Waals surface area contributed by atoms with Crippen LogP contribution in [-0.4, -0.2) is 63.4 Å². The molecule has 2 aromatic carbocycles. The minimum Gasteiger partial charge on any atom is -0.462 e. The van der Waals surface area contributed by atoms with E-state index < -0.39 is 27.8 Å². The molecule has 9 nitrogen and oxygen atoms in total. The summed E-state index contributed by atoms with van der Waals surface area (Å²) in [4.78, 5) is 17.8. The molecule has 2 saturated heterocycles. The molecule has 6 rings (SSSR count). The van der Waals surface area contributed by atoms with Crippen LogP contribution >= 0.6 is 0 Å². The van der Waals surface area contributed by atoms with Crippen LogP contribution in [0.5, 0.6) is 0 Å². The predicted octanol–water partition coefficient (Wildman–Crippen LogP) is 5.42. The topological polar surface area (TPSA) is 115 Å². The van der Waals surface area contributed by atoms with Gasteiger partial charge in [-0.1, -0.05) is 0 Å². The molecule has 1 amide bonds. The van der Waals surface area contributed by atoms with Gasteiger partial charge in [0.15, 0.2) is 5.58 Å². The van der Waals surface area contributed by atoms with Crippen LogP contribution in [0.2, 0.25) is 0 Å². The van der Waals surface area contributed by atoms with Crippen molar-refractivity contribution in [3.05, 3.63) is 48.2 Å². The number of carbonyl (C=O) groups excluding carboxylic acids is 1. The largest absolute Gasteiger partial charge is 0.462 e. The Kier molecular flexibility index (Phi) is 7.33. The van der Waals surface area contributed by atoms with Gasteiger partial charge in [-0.2, -0.15) is 0 Å². The number of nitrogens with one attached hydrogen (secondary N) is 2. The Labute approximate surface area is 243 Å². The zero-order valence-corrected chi connectivity index (χ0v) is 24.4. The Morgan fingerprint density at radius 1 is 0.952 bits per heavy atom. The number of furan rings is 1. The number of aliphatic hydroxyl groups is 1. The number of fused-ring (bicyclic) bond motifs is 1. The molecule has 3 aromatic rings. The fourth-order valence-electron chi connectivity index (χ4n) is 5.95. The summed E-state index contributed by atoms with van der Waals surface area (Å²) in [6.07, 6.45) is 5.51. The van der Waals surface area contributed by atoms with Gasteiger partial charge >= 0.3 is 0 Å². The quantitative estimate of drug-likeness (QED) is 0.315. The number of benzene rings is 2. The van der Waals surface area contributed by atoms with Gasteiger partial charge in [-0.05, 0) is 74.4 Å². The number of aliphatic hydroxyl groups excluding tert-OH is 1. The molecule has 226 valence electrons. The maximum atomic E-state index is 13.8. The van der Waals surface area contributed by atoms with Gasteiger partial charge in [-0.25, -0.2) is 17.2 Å². The number of halogens is 2. The van der Waals surface area contributed by atoms with E-state index in [-0.39, 0.29) is 31.8 Å². The SMILES string of the molecule is C[C@H](CO)S(=O)(=O)Nc1ccc(C(=O)Nc2cc(N3CCC(F)(F)CC3)c3occc3c2)c(N2CCC3(CC2)CC3)c1. The van der Waals surface area contributed by atoms with Gasteiger partial charge in [0.05, 0.1) is 35.5 Å². The molecule has 3 heterocycles. The van der Waals surface area contributed by atoms with Crippen molar-refractivity contribution < 1.29 is 31.5 Å². The number of hydrogen-bond acceptors (Lipinski definition) is 7. The highest BCUT2D eigenvalue weighted by atomic mass is 32.2. The Morgan fingerprint density at radius 3 is 2.26 bits per heavy atom. The molecule has 0 unspecified atom stereocenters. The molecule has 1 atom stereocenters. The number of piperidine rings is 2. The van der Waals surface area contributed by atoms with Crippen molar-refractivity contribution in [1.29, 1.82) is 0 Å². The second-order valence-electron chi connectivity index (χ2n) is 12.0. The summed E-state index contributed by atoms with van der Waals surface area (Å²) in [5.41, 5.74) is 3.48.